The minimum atomic E-state index is -1.81. The van der Waals surface area contributed by atoms with E-state index in [-0.39, 0.29) is 42.9 Å². The van der Waals surface area contributed by atoms with Crippen LogP contribution in [0.15, 0.2) is 66.4 Å². The molecule has 0 spiro atoms. The quantitative estimate of drug-likeness (QED) is 0.0442. The van der Waals surface area contributed by atoms with Crippen LogP contribution in [-0.4, -0.2) is 119 Å². The van der Waals surface area contributed by atoms with Gasteiger partial charge in [0.1, 0.15) is 23.8 Å². The fourth-order valence-electron chi connectivity index (χ4n) is 6.33. The van der Waals surface area contributed by atoms with Crippen LogP contribution in [0.4, 0.5) is 0 Å². The van der Waals surface area contributed by atoms with E-state index in [1.165, 1.54) is 34.7 Å². The zero-order valence-corrected chi connectivity index (χ0v) is 39.1. The summed E-state index contributed by atoms with van der Waals surface area (Å²) >= 11 is 0. The SMILES string of the molecule is C=C(C(=O)N[C@H](C)C(=O)N[C@@H](CC(C)C)C(=O)N[C@@H](C(=O)O)[C@H](C)C(=O)NCC(=O)N[C@@H](C=CC(C)=C[C@H](C)[C@H](Cc1ccccc1)OC)[C@H](C)C(N)=O)N(C)C(=O)CC[C@@H](C)C(=O)O. The summed E-state index contributed by atoms with van der Waals surface area (Å²) in [6, 6.07) is 4.63. The first kappa shape index (κ1) is 56.6. The van der Waals surface area contributed by atoms with Crippen molar-refractivity contribution in [1.82, 2.24) is 31.5 Å². The third kappa shape index (κ3) is 19.9. The summed E-state index contributed by atoms with van der Waals surface area (Å²) in [7, 11) is 2.92. The maximum atomic E-state index is 13.5. The molecule has 0 bridgehead atoms. The first-order valence-electron chi connectivity index (χ1n) is 21.4. The molecule has 19 heteroatoms. The number of hydrogen-bond acceptors (Lipinski definition) is 10. The average Bonchev–Trinajstić information content (AvgIpc) is 3.25. The molecular weight excluding hydrogens is 843 g/mol. The molecule has 65 heavy (non-hydrogen) atoms. The van der Waals surface area contributed by atoms with Crippen molar-refractivity contribution in [2.24, 2.45) is 35.3 Å². The van der Waals surface area contributed by atoms with Crippen LogP contribution in [0.25, 0.3) is 0 Å². The topological polar surface area (TPSA) is 293 Å². The molecule has 0 aliphatic rings. The van der Waals surface area contributed by atoms with Gasteiger partial charge in [-0.05, 0) is 44.6 Å². The maximum absolute atomic E-state index is 13.5. The number of carbonyl (C=O) groups excluding carboxylic acids is 7. The van der Waals surface area contributed by atoms with Crippen molar-refractivity contribution in [3.63, 3.8) is 0 Å². The highest BCUT2D eigenvalue weighted by molar-refractivity contribution is 6.00. The second-order valence-electron chi connectivity index (χ2n) is 16.8. The van der Waals surface area contributed by atoms with E-state index in [0.29, 0.717) is 6.42 Å². The molecule has 360 valence electrons. The highest BCUT2D eigenvalue weighted by Crippen LogP contribution is 2.18. The van der Waals surface area contributed by atoms with Gasteiger partial charge in [0.25, 0.3) is 5.91 Å². The molecular formula is C46H69N7O12. The summed E-state index contributed by atoms with van der Waals surface area (Å²) in [6.45, 7) is 15.8. The van der Waals surface area contributed by atoms with Crippen LogP contribution in [0.1, 0.15) is 80.2 Å². The summed E-state index contributed by atoms with van der Waals surface area (Å²) < 4.78 is 5.74. The Morgan fingerprint density at radius 2 is 1.45 bits per heavy atom. The van der Waals surface area contributed by atoms with Crippen LogP contribution in [0.2, 0.25) is 0 Å². The number of nitrogens with two attached hydrogens (primary N) is 1. The number of hydrogen-bond donors (Lipinski definition) is 8. The number of nitrogens with zero attached hydrogens (tertiary/aromatic N) is 1. The van der Waals surface area contributed by atoms with E-state index < -0.39 is 102 Å². The van der Waals surface area contributed by atoms with Gasteiger partial charge in [0.05, 0.1) is 36.4 Å². The number of methoxy groups -OCH3 is 1. The Balaban J connectivity index is 2.98. The number of carbonyl (C=O) groups is 9. The van der Waals surface area contributed by atoms with Gasteiger partial charge in [0, 0.05) is 26.5 Å². The van der Waals surface area contributed by atoms with Gasteiger partial charge < -0.3 is 52.2 Å². The van der Waals surface area contributed by atoms with E-state index in [1.807, 2.05) is 50.3 Å². The Morgan fingerprint density at radius 3 is 1.98 bits per heavy atom. The van der Waals surface area contributed by atoms with Gasteiger partial charge in [-0.25, -0.2) is 4.79 Å². The highest BCUT2D eigenvalue weighted by atomic mass is 16.5. The summed E-state index contributed by atoms with van der Waals surface area (Å²) in [4.78, 5) is 115. The normalized spacial score (nSPS) is 15.7. The predicted octanol–water partition coefficient (Wildman–Crippen LogP) is 1.82. The number of ether oxygens (including phenoxy) is 1. The van der Waals surface area contributed by atoms with E-state index in [4.69, 9.17) is 15.6 Å². The fraction of sp³-hybridized carbons (Fsp3) is 0.543. The van der Waals surface area contributed by atoms with Crippen molar-refractivity contribution in [2.75, 3.05) is 20.7 Å². The number of nitrogens with one attached hydrogen (secondary N) is 5. The van der Waals surface area contributed by atoms with E-state index in [2.05, 4.69) is 33.2 Å². The molecule has 1 rings (SSSR count). The number of allylic oxidation sites excluding steroid dienone is 2. The number of amides is 7. The average molecular weight is 912 g/mol. The molecule has 0 saturated heterocycles. The van der Waals surface area contributed by atoms with Gasteiger partial charge in [-0.2, -0.15) is 0 Å². The molecule has 9 N–H and O–H groups in total. The molecule has 0 saturated carbocycles. The number of primary amides is 1. The van der Waals surface area contributed by atoms with Gasteiger partial charge >= 0.3 is 11.9 Å². The second-order valence-corrected chi connectivity index (χ2v) is 16.8. The third-order valence-electron chi connectivity index (χ3n) is 10.8. The van der Waals surface area contributed by atoms with E-state index in [0.717, 1.165) is 16.0 Å². The van der Waals surface area contributed by atoms with Crippen molar-refractivity contribution in [1.29, 1.82) is 0 Å². The lowest BCUT2D eigenvalue weighted by molar-refractivity contribution is -0.146. The molecule has 0 unspecified atom stereocenters. The van der Waals surface area contributed by atoms with Crippen molar-refractivity contribution >= 4 is 53.3 Å². The van der Waals surface area contributed by atoms with Gasteiger partial charge in [0.2, 0.25) is 35.4 Å². The second kappa shape index (κ2) is 27.7. The van der Waals surface area contributed by atoms with Crippen LogP contribution in [0.3, 0.4) is 0 Å². The van der Waals surface area contributed by atoms with E-state index >= 15 is 0 Å². The van der Waals surface area contributed by atoms with Crippen LogP contribution < -0.4 is 32.3 Å². The lowest BCUT2D eigenvalue weighted by Crippen LogP contribution is -2.58. The lowest BCUT2D eigenvalue weighted by atomic mass is 9.95. The zero-order chi connectivity index (χ0) is 49.7. The van der Waals surface area contributed by atoms with Gasteiger partial charge in [-0.15, -0.1) is 0 Å². The number of benzene rings is 1. The minimum Gasteiger partial charge on any atom is -0.481 e. The molecule has 7 amide bonds. The van der Waals surface area contributed by atoms with Crippen LogP contribution >= 0.6 is 0 Å². The molecule has 1 aromatic rings. The molecule has 0 aliphatic carbocycles. The van der Waals surface area contributed by atoms with Crippen molar-refractivity contribution in [3.8, 4) is 0 Å². The third-order valence-corrected chi connectivity index (χ3v) is 10.8. The summed E-state index contributed by atoms with van der Waals surface area (Å²) in [5, 5.41) is 31.3. The molecule has 0 fully saturated rings. The predicted molar refractivity (Wildman–Crippen MR) is 242 cm³/mol. The first-order chi connectivity index (χ1) is 30.3. The number of carboxylic acids is 2. The number of carboxylic acid groups (broad SMARTS) is 2. The van der Waals surface area contributed by atoms with Crippen LogP contribution in [0, 0.1) is 29.6 Å². The summed E-state index contributed by atoms with van der Waals surface area (Å²) in [6.07, 6.45) is 5.80. The smallest absolute Gasteiger partial charge is 0.327 e. The fourth-order valence-corrected chi connectivity index (χ4v) is 6.33. The molecule has 0 heterocycles. The van der Waals surface area contributed by atoms with E-state index in [1.54, 1.807) is 33.1 Å². The molecule has 1 aromatic carbocycles. The van der Waals surface area contributed by atoms with Gasteiger partial charge in [0.15, 0.2) is 0 Å². The molecule has 0 aromatic heterocycles. The number of likely N-dealkylation sites (N-methyl/N-ethyl adjacent to an activating group) is 1. The zero-order valence-electron chi connectivity index (χ0n) is 39.1. The lowest BCUT2D eigenvalue weighted by Gasteiger charge is -2.27. The van der Waals surface area contributed by atoms with Crippen molar-refractivity contribution in [2.45, 2.75) is 111 Å². The van der Waals surface area contributed by atoms with Crippen molar-refractivity contribution < 1.29 is 58.1 Å². The molecule has 0 radical (unpaired) electrons. The Kier molecular flexibility index (Phi) is 24.2. The first-order valence-corrected chi connectivity index (χ1v) is 21.4. The molecule has 19 nitrogen and oxygen atoms in total. The van der Waals surface area contributed by atoms with Crippen molar-refractivity contribution in [3.05, 3.63) is 72.0 Å². The Hall–Kier alpha value is -6.37. The Morgan fingerprint density at radius 1 is 0.831 bits per heavy atom. The number of rotatable bonds is 28. The van der Waals surface area contributed by atoms with Gasteiger partial charge in [-0.3, -0.25) is 38.4 Å². The standard InChI is InChI=1S/C46H69N7O12/c1-25(2)21-35(51-42(58)31(8)49-43(59)32(9)53(10)38(55)20-18-27(4)45(61)62)44(60)52-39(46(63)64)30(7)41(57)48-24-37(54)50-34(29(6)40(47)56)19-17-26(3)22-28(5)36(65-11)23-33-15-13-12-14-16-33/h12-17,19,22,25,27-31,34-36,39H,9,18,20-21,23-24H2,1-8,10-11H3,(H2,47,56)(H,48,57)(H,49,59)(H,50,54)(H,51,58)(H,52,60)(H,61,62)(H,63,64)/t27-,28+,29+,30+,31-,34+,35+,36+,39-/m1/s1. The minimum absolute atomic E-state index is 0.000716. The largest absolute Gasteiger partial charge is 0.481 e. The highest BCUT2D eigenvalue weighted by Gasteiger charge is 2.35. The Bertz CT molecular complexity index is 1920. The van der Waals surface area contributed by atoms with Gasteiger partial charge in [-0.1, -0.05) is 102 Å². The van der Waals surface area contributed by atoms with Crippen LogP contribution in [-0.2, 0) is 54.3 Å². The maximum Gasteiger partial charge on any atom is 0.327 e. The monoisotopic (exact) mass is 912 g/mol. The summed E-state index contributed by atoms with van der Waals surface area (Å²) in [5.41, 5.74) is 7.20. The van der Waals surface area contributed by atoms with Crippen LogP contribution in [0.5, 0.6) is 0 Å². The molecule has 0 aliphatic heterocycles. The van der Waals surface area contributed by atoms with E-state index in [9.17, 15) is 48.3 Å². The number of aliphatic carboxylic acids is 2. The molecule has 9 atom stereocenters. The Labute approximate surface area is 381 Å². The summed E-state index contributed by atoms with van der Waals surface area (Å²) in [5.74, 6) is -11.5.